The third-order valence-electron chi connectivity index (χ3n) is 4.72. The first-order valence-electron chi connectivity index (χ1n) is 7.11. The van der Waals surface area contributed by atoms with Gasteiger partial charge in [0.15, 0.2) is 0 Å². The van der Waals surface area contributed by atoms with E-state index >= 15 is 0 Å². The molecule has 2 heterocycles. The van der Waals surface area contributed by atoms with Crippen molar-refractivity contribution in [2.75, 3.05) is 18.0 Å². The fourth-order valence-electron chi connectivity index (χ4n) is 3.80. The van der Waals surface area contributed by atoms with Crippen LogP contribution in [0.3, 0.4) is 0 Å². The van der Waals surface area contributed by atoms with E-state index < -0.39 is 0 Å². The second-order valence-corrected chi connectivity index (χ2v) is 5.81. The summed E-state index contributed by atoms with van der Waals surface area (Å²) in [7, 11) is 0. The molecule has 1 aliphatic carbocycles. The highest BCUT2D eigenvalue weighted by atomic mass is 16.2. The van der Waals surface area contributed by atoms with E-state index in [2.05, 4.69) is 35.7 Å². The molecule has 4 rings (SSSR count). The van der Waals surface area contributed by atoms with Gasteiger partial charge in [0.05, 0.1) is 5.69 Å². The SMILES string of the molecule is O=C1CC2(C=CCC2)c2cccc3c2N1CCNC3. The standard InChI is InChI=1S/C16H18N2O/c19-14-10-16(6-1-2-7-16)13-5-3-4-12-11-17-8-9-18(14)15(12)13/h1,3-6,17H,2,7-11H2. The Morgan fingerprint density at radius 1 is 1.32 bits per heavy atom. The van der Waals surface area contributed by atoms with Crippen molar-refractivity contribution in [2.24, 2.45) is 0 Å². The largest absolute Gasteiger partial charge is 0.311 e. The van der Waals surface area contributed by atoms with Gasteiger partial charge in [-0.05, 0) is 24.0 Å². The average Bonchev–Trinajstić information content (AvgIpc) is 2.76. The summed E-state index contributed by atoms with van der Waals surface area (Å²) in [6.07, 6.45) is 7.32. The van der Waals surface area contributed by atoms with E-state index in [0.29, 0.717) is 6.42 Å². The van der Waals surface area contributed by atoms with Crippen LogP contribution in [0, 0.1) is 0 Å². The Hall–Kier alpha value is -1.61. The number of carbonyl (C=O) groups excluding carboxylic acids is 1. The van der Waals surface area contributed by atoms with Crippen molar-refractivity contribution in [3.63, 3.8) is 0 Å². The topological polar surface area (TPSA) is 32.3 Å². The van der Waals surface area contributed by atoms with Crippen LogP contribution in [0.5, 0.6) is 0 Å². The number of allylic oxidation sites excluding steroid dienone is 2. The molecular formula is C16H18N2O. The molecule has 1 N–H and O–H groups in total. The summed E-state index contributed by atoms with van der Waals surface area (Å²) in [5.74, 6) is 0.287. The van der Waals surface area contributed by atoms with E-state index in [1.807, 2.05) is 4.90 Å². The van der Waals surface area contributed by atoms with Crippen LogP contribution < -0.4 is 10.2 Å². The zero-order valence-corrected chi connectivity index (χ0v) is 11.0. The molecule has 2 aliphatic heterocycles. The smallest absolute Gasteiger partial charge is 0.228 e. The highest BCUT2D eigenvalue weighted by molar-refractivity contribution is 5.99. The molecule has 1 atom stereocenters. The van der Waals surface area contributed by atoms with Crippen molar-refractivity contribution >= 4 is 11.6 Å². The minimum atomic E-state index is -0.0245. The summed E-state index contributed by atoms with van der Waals surface area (Å²) in [5, 5.41) is 3.41. The van der Waals surface area contributed by atoms with Crippen molar-refractivity contribution in [3.05, 3.63) is 41.5 Å². The summed E-state index contributed by atoms with van der Waals surface area (Å²) >= 11 is 0. The summed E-state index contributed by atoms with van der Waals surface area (Å²) in [5.41, 5.74) is 3.79. The molecule has 1 amide bonds. The summed E-state index contributed by atoms with van der Waals surface area (Å²) in [4.78, 5) is 14.6. The molecule has 0 aromatic heterocycles. The molecule has 3 nitrogen and oxygen atoms in total. The highest BCUT2D eigenvalue weighted by Gasteiger charge is 2.43. The first kappa shape index (κ1) is 11.2. The predicted molar refractivity (Wildman–Crippen MR) is 75.2 cm³/mol. The van der Waals surface area contributed by atoms with E-state index in [9.17, 15) is 4.79 Å². The van der Waals surface area contributed by atoms with E-state index in [4.69, 9.17) is 0 Å². The lowest BCUT2D eigenvalue weighted by Gasteiger charge is -2.40. The van der Waals surface area contributed by atoms with Crippen molar-refractivity contribution in [1.29, 1.82) is 0 Å². The van der Waals surface area contributed by atoms with Crippen molar-refractivity contribution in [2.45, 2.75) is 31.2 Å². The lowest BCUT2D eigenvalue weighted by Crippen LogP contribution is -2.44. The number of para-hydroxylation sites is 1. The Labute approximate surface area is 113 Å². The van der Waals surface area contributed by atoms with Crippen molar-refractivity contribution < 1.29 is 4.79 Å². The van der Waals surface area contributed by atoms with Crippen LogP contribution in [0.25, 0.3) is 0 Å². The van der Waals surface area contributed by atoms with Gasteiger partial charge in [-0.15, -0.1) is 0 Å². The van der Waals surface area contributed by atoms with Crippen LogP contribution in [0.4, 0.5) is 5.69 Å². The summed E-state index contributed by atoms with van der Waals surface area (Å²) < 4.78 is 0. The number of benzene rings is 1. The van der Waals surface area contributed by atoms with Crippen LogP contribution in [-0.4, -0.2) is 19.0 Å². The number of amides is 1. The molecule has 1 spiro atoms. The molecule has 3 aliphatic rings. The minimum absolute atomic E-state index is 0.0245. The Kier molecular flexibility index (Phi) is 2.33. The van der Waals surface area contributed by atoms with E-state index in [1.54, 1.807) is 0 Å². The normalized spacial score (nSPS) is 28.6. The molecule has 0 saturated heterocycles. The predicted octanol–water partition coefficient (Wildman–Crippen LogP) is 2.11. The molecule has 0 saturated carbocycles. The van der Waals surface area contributed by atoms with Crippen LogP contribution in [-0.2, 0) is 16.8 Å². The number of nitrogens with zero attached hydrogens (tertiary/aromatic N) is 1. The van der Waals surface area contributed by atoms with Gasteiger partial charge in [-0.3, -0.25) is 4.79 Å². The Morgan fingerprint density at radius 3 is 3.11 bits per heavy atom. The Bertz CT molecular complexity index is 578. The second-order valence-electron chi connectivity index (χ2n) is 5.81. The van der Waals surface area contributed by atoms with Gasteiger partial charge < -0.3 is 10.2 Å². The van der Waals surface area contributed by atoms with Gasteiger partial charge in [0.25, 0.3) is 0 Å². The van der Waals surface area contributed by atoms with Crippen molar-refractivity contribution in [3.8, 4) is 0 Å². The molecule has 3 heteroatoms. The lowest BCUT2D eigenvalue weighted by atomic mass is 9.73. The number of anilines is 1. The van der Waals surface area contributed by atoms with Gasteiger partial charge >= 0.3 is 0 Å². The molecule has 0 bridgehead atoms. The molecular weight excluding hydrogens is 236 g/mol. The molecule has 98 valence electrons. The quantitative estimate of drug-likeness (QED) is 0.719. The number of fused-ring (bicyclic) bond motifs is 1. The number of hydrogen-bond acceptors (Lipinski definition) is 2. The fourth-order valence-corrected chi connectivity index (χ4v) is 3.80. The maximum absolute atomic E-state index is 12.6. The third-order valence-corrected chi connectivity index (χ3v) is 4.72. The highest BCUT2D eigenvalue weighted by Crippen LogP contribution is 2.48. The van der Waals surface area contributed by atoms with E-state index in [0.717, 1.165) is 32.5 Å². The van der Waals surface area contributed by atoms with Crippen molar-refractivity contribution in [1.82, 2.24) is 5.32 Å². The molecule has 1 aromatic rings. The van der Waals surface area contributed by atoms with Crippen LogP contribution in [0.15, 0.2) is 30.4 Å². The van der Waals surface area contributed by atoms with Crippen LogP contribution >= 0.6 is 0 Å². The number of hydrogen-bond donors (Lipinski definition) is 1. The molecule has 1 aromatic carbocycles. The number of nitrogens with one attached hydrogen (secondary N) is 1. The maximum Gasteiger partial charge on any atom is 0.228 e. The zero-order chi connectivity index (χ0) is 12.9. The first-order chi connectivity index (χ1) is 9.30. The summed E-state index contributed by atoms with van der Waals surface area (Å²) in [6, 6.07) is 6.51. The van der Waals surface area contributed by atoms with E-state index in [-0.39, 0.29) is 11.3 Å². The third kappa shape index (κ3) is 1.51. The van der Waals surface area contributed by atoms with Gasteiger partial charge in [-0.25, -0.2) is 0 Å². The lowest BCUT2D eigenvalue weighted by molar-refractivity contribution is -0.120. The number of rotatable bonds is 0. The Balaban J connectivity index is 1.97. The second kappa shape index (κ2) is 3.94. The molecule has 0 radical (unpaired) electrons. The van der Waals surface area contributed by atoms with Gasteiger partial charge in [0, 0.05) is 31.5 Å². The monoisotopic (exact) mass is 254 g/mol. The van der Waals surface area contributed by atoms with Crippen LogP contribution in [0.2, 0.25) is 0 Å². The minimum Gasteiger partial charge on any atom is -0.311 e. The van der Waals surface area contributed by atoms with Crippen LogP contribution in [0.1, 0.15) is 30.4 Å². The maximum atomic E-state index is 12.6. The summed E-state index contributed by atoms with van der Waals surface area (Å²) in [6.45, 7) is 2.54. The average molecular weight is 254 g/mol. The van der Waals surface area contributed by atoms with Gasteiger partial charge in [0.2, 0.25) is 5.91 Å². The molecule has 1 unspecified atom stereocenters. The van der Waals surface area contributed by atoms with E-state index in [1.165, 1.54) is 16.8 Å². The first-order valence-corrected chi connectivity index (χ1v) is 7.11. The molecule has 19 heavy (non-hydrogen) atoms. The van der Waals surface area contributed by atoms with Gasteiger partial charge in [-0.1, -0.05) is 30.4 Å². The van der Waals surface area contributed by atoms with Gasteiger partial charge in [0.1, 0.15) is 0 Å². The zero-order valence-electron chi connectivity index (χ0n) is 11.0. The Morgan fingerprint density at radius 2 is 2.26 bits per heavy atom. The molecule has 0 fully saturated rings. The fraction of sp³-hybridized carbons (Fsp3) is 0.438. The van der Waals surface area contributed by atoms with Gasteiger partial charge in [-0.2, -0.15) is 0 Å². The number of carbonyl (C=O) groups is 1.